The van der Waals surface area contributed by atoms with Crippen molar-refractivity contribution in [2.45, 2.75) is 207 Å². The summed E-state index contributed by atoms with van der Waals surface area (Å²) in [5.41, 5.74) is 0. The molecule has 0 spiro atoms. The van der Waals surface area contributed by atoms with Crippen LogP contribution in [0.25, 0.3) is 0 Å². The van der Waals surface area contributed by atoms with Gasteiger partial charge in [-0.2, -0.15) is 0 Å². The van der Waals surface area contributed by atoms with Gasteiger partial charge >= 0.3 is 5.97 Å². The molecule has 0 aromatic carbocycles. The van der Waals surface area contributed by atoms with E-state index in [1.165, 1.54) is 96.3 Å². The van der Waals surface area contributed by atoms with Gasteiger partial charge < -0.3 is 4.74 Å². The zero-order valence-corrected chi connectivity index (χ0v) is 25.6. The zero-order chi connectivity index (χ0) is 27.2. The van der Waals surface area contributed by atoms with Gasteiger partial charge in [0.15, 0.2) is 0 Å². The fourth-order valence-corrected chi connectivity index (χ4v) is 5.13. The molecule has 0 saturated heterocycles. The van der Waals surface area contributed by atoms with E-state index in [0.29, 0.717) is 12.2 Å². The number of ether oxygens (including phenoxy) is 1. The molecule has 220 valence electrons. The van der Waals surface area contributed by atoms with Crippen LogP contribution in [0.5, 0.6) is 0 Å². The Morgan fingerprint density at radius 2 is 0.757 bits per heavy atom. The summed E-state index contributed by atoms with van der Waals surface area (Å²) in [5, 5.41) is 0. The Balaban J connectivity index is 3.41. The van der Waals surface area contributed by atoms with Gasteiger partial charge in [0, 0.05) is 19.3 Å². The summed E-state index contributed by atoms with van der Waals surface area (Å²) in [6, 6.07) is 0. The number of hydrogen-bond donors (Lipinski definition) is 0. The van der Waals surface area contributed by atoms with E-state index < -0.39 is 0 Å². The quantitative estimate of drug-likeness (QED) is 0.0695. The Hall–Kier alpha value is -0.860. The molecule has 0 aliphatic rings. The van der Waals surface area contributed by atoms with Crippen LogP contribution in [0.3, 0.4) is 0 Å². The van der Waals surface area contributed by atoms with Crippen LogP contribution in [0.15, 0.2) is 0 Å². The molecule has 0 heterocycles. The maximum absolute atomic E-state index is 12.2. The van der Waals surface area contributed by atoms with Crippen LogP contribution in [0.2, 0.25) is 0 Å². The number of esters is 1. The predicted molar refractivity (Wildman–Crippen MR) is 161 cm³/mol. The summed E-state index contributed by atoms with van der Waals surface area (Å²) in [6.07, 6.45) is 33.0. The monoisotopic (exact) mass is 523 g/mol. The molecule has 3 nitrogen and oxygen atoms in total. The van der Waals surface area contributed by atoms with E-state index in [1.807, 2.05) is 0 Å². The number of ketones is 1. The maximum atomic E-state index is 12.2. The molecule has 0 saturated carbocycles. The minimum atomic E-state index is 0.0138. The SMILES string of the molecule is CCCCCCCCCCCCC(=O)CCCCCCCCCCCC(=O)OC(CCCC)CCCC. The smallest absolute Gasteiger partial charge is 0.306 e. The molecule has 0 radical (unpaired) electrons. The largest absolute Gasteiger partial charge is 0.462 e. The maximum Gasteiger partial charge on any atom is 0.306 e. The van der Waals surface area contributed by atoms with Crippen molar-refractivity contribution in [2.24, 2.45) is 0 Å². The van der Waals surface area contributed by atoms with Crippen molar-refractivity contribution in [1.29, 1.82) is 0 Å². The second kappa shape index (κ2) is 29.7. The minimum Gasteiger partial charge on any atom is -0.462 e. The molecule has 0 aliphatic heterocycles. The molecular weight excluding hydrogens is 456 g/mol. The van der Waals surface area contributed by atoms with Crippen molar-refractivity contribution >= 4 is 11.8 Å². The van der Waals surface area contributed by atoms with Crippen LogP contribution in [-0.4, -0.2) is 17.9 Å². The van der Waals surface area contributed by atoms with E-state index >= 15 is 0 Å². The highest BCUT2D eigenvalue weighted by Crippen LogP contribution is 2.16. The van der Waals surface area contributed by atoms with E-state index in [9.17, 15) is 9.59 Å². The van der Waals surface area contributed by atoms with Gasteiger partial charge in [-0.1, -0.05) is 149 Å². The molecular formula is C34H66O3. The van der Waals surface area contributed by atoms with Gasteiger partial charge in [0.25, 0.3) is 0 Å². The molecule has 0 rings (SSSR count). The minimum absolute atomic E-state index is 0.0138. The normalized spacial score (nSPS) is 11.4. The number of hydrogen-bond acceptors (Lipinski definition) is 3. The molecule has 0 bridgehead atoms. The Labute approximate surface area is 232 Å². The molecule has 37 heavy (non-hydrogen) atoms. The number of carbonyl (C=O) groups is 2. The molecule has 0 unspecified atom stereocenters. The third-order valence-electron chi connectivity index (χ3n) is 7.70. The van der Waals surface area contributed by atoms with Gasteiger partial charge in [-0.15, -0.1) is 0 Å². The molecule has 0 aliphatic carbocycles. The molecule has 0 amide bonds. The van der Waals surface area contributed by atoms with Crippen LogP contribution < -0.4 is 0 Å². The van der Waals surface area contributed by atoms with Crippen molar-refractivity contribution in [1.82, 2.24) is 0 Å². The highest BCUT2D eigenvalue weighted by Gasteiger charge is 2.13. The van der Waals surface area contributed by atoms with Crippen molar-refractivity contribution in [3.63, 3.8) is 0 Å². The van der Waals surface area contributed by atoms with E-state index in [1.54, 1.807) is 0 Å². The van der Waals surface area contributed by atoms with Crippen LogP contribution in [0, 0.1) is 0 Å². The zero-order valence-electron chi connectivity index (χ0n) is 25.6. The average Bonchev–Trinajstić information content (AvgIpc) is 2.89. The van der Waals surface area contributed by atoms with E-state index in [0.717, 1.165) is 77.0 Å². The van der Waals surface area contributed by atoms with Crippen LogP contribution in [0.4, 0.5) is 0 Å². The lowest BCUT2D eigenvalue weighted by Gasteiger charge is -2.17. The molecule has 0 atom stereocenters. The van der Waals surface area contributed by atoms with Gasteiger partial charge in [0.1, 0.15) is 11.9 Å². The first-order chi connectivity index (χ1) is 18.1. The Kier molecular flexibility index (Phi) is 29.0. The van der Waals surface area contributed by atoms with Crippen LogP contribution in [0.1, 0.15) is 201 Å². The molecule has 3 heteroatoms. The van der Waals surface area contributed by atoms with Crippen LogP contribution >= 0.6 is 0 Å². The summed E-state index contributed by atoms with van der Waals surface area (Å²) < 4.78 is 5.75. The van der Waals surface area contributed by atoms with Crippen molar-refractivity contribution < 1.29 is 14.3 Å². The number of unbranched alkanes of at least 4 members (excludes halogenated alkanes) is 19. The van der Waals surface area contributed by atoms with E-state index in [-0.39, 0.29) is 12.1 Å². The lowest BCUT2D eigenvalue weighted by molar-refractivity contribution is -0.150. The lowest BCUT2D eigenvalue weighted by atomic mass is 10.0. The van der Waals surface area contributed by atoms with Gasteiger partial charge in [0.2, 0.25) is 0 Å². The van der Waals surface area contributed by atoms with E-state index in [2.05, 4.69) is 20.8 Å². The molecule has 0 aromatic heterocycles. The number of Topliss-reactive ketones (excluding diaryl/α,β-unsaturated/α-hetero) is 1. The van der Waals surface area contributed by atoms with Gasteiger partial charge in [-0.05, 0) is 32.1 Å². The Bertz CT molecular complexity index is 479. The third-order valence-corrected chi connectivity index (χ3v) is 7.70. The van der Waals surface area contributed by atoms with Crippen molar-refractivity contribution in [3.05, 3.63) is 0 Å². The second-order valence-electron chi connectivity index (χ2n) is 11.5. The highest BCUT2D eigenvalue weighted by molar-refractivity contribution is 5.78. The van der Waals surface area contributed by atoms with Gasteiger partial charge in [-0.3, -0.25) is 9.59 Å². The Morgan fingerprint density at radius 3 is 1.14 bits per heavy atom. The topological polar surface area (TPSA) is 43.4 Å². The molecule has 0 fully saturated rings. The summed E-state index contributed by atoms with van der Waals surface area (Å²) in [4.78, 5) is 24.2. The van der Waals surface area contributed by atoms with Crippen LogP contribution in [-0.2, 0) is 14.3 Å². The average molecular weight is 523 g/mol. The summed E-state index contributed by atoms with van der Waals surface area (Å²) in [6.45, 7) is 6.66. The number of carbonyl (C=O) groups excluding carboxylic acids is 2. The highest BCUT2D eigenvalue weighted by atomic mass is 16.5. The summed E-state index contributed by atoms with van der Waals surface area (Å²) in [5.74, 6) is 0.500. The molecule has 0 N–H and O–H groups in total. The predicted octanol–water partition coefficient (Wildman–Crippen LogP) is 11.4. The second-order valence-corrected chi connectivity index (χ2v) is 11.5. The fourth-order valence-electron chi connectivity index (χ4n) is 5.13. The first kappa shape index (κ1) is 36.1. The van der Waals surface area contributed by atoms with Crippen molar-refractivity contribution in [2.75, 3.05) is 0 Å². The van der Waals surface area contributed by atoms with Crippen molar-refractivity contribution in [3.8, 4) is 0 Å². The molecule has 0 aromatic rings. The summed E-state index contributed by atoms with van der Waals surface area (Å²) >= 11 is 0. The number of rotatable bonds is 30. The van der Waals surface area contributed by atoms with E-state index in [4.69, 9.17) is 4.74 Å². The Morgan fingerprint density at radius 1 is 0.432 bits per heavy atom. The first-order valence-corrected chi connectivity index (χ1v) is 16.8. The van der Waals surface area contributed by atoms with Gasteiger partial charge in [-0.25, -0.2) is 0 Å². The standard InChI is InChI=1S/C34H66O3/c1-4-7-10-11-12-13-15-18-21-24-27-32(35)28-25-22-19-16-14-17-20-23-26-31-34(36)37-33(29-8-5-2)30-9-6-3/h33H,4-31H2,1-3H3. The summed E-state index contributed by atoms with van der Waals surface area (Å²) in [7, 11) is 0. The van der Waals surface area contributed by atoms with Gasteiger partial charge in [0.05, 0.1) is 0 Å². The third kappa shape index (κ3) is 28.0. The lowest BCUT2D eigenvalue weighted by Crippen LogP contribution is -2.18. The fraction of sp³-hybridized carbons (Fsp3) is 0.941. The first-order valence-electron chi connectivity index (χ1n) is 16.8.